The summed E-state index contributed by atoms with van der Waals surface area (Å²) in [7, 11) is -1.10. The molecule has 0 aromatic heterocycles. The summed E-state index contributed by atoms with van der Waals surface area (Å²) in [6.07, 6.45) is 3.58. The second-order valence-corrected chi connectivity index (χ2v) is 7.99. The number of rotatable bonds is 9. The number of halogens is 2. The maximum atomic E-state index is 12.7. The molecule has 0 aliphatic rings. The van der Waals surface area contributed by atoms with Crippen LogP contribution in [0, 0.1) is 0 Å². The van der Waals surface area contributed by atoms with Gasteiger partial charge in [0, 0.05) is 23.9 Å². The van der Waals surface area contributed by atoms with Gasteiger partial charge in [-0.05, 0) is 23.8 Å². The van der Waals surface area contributed by atoms with E-state index in [4.69, 9.17) is 4.74 Å². The van der Waals surface area contributed by atoms with E-state index >= 15 is 0 Å². The van der Waals surface area contributed by atoms with E-state index in [1.807, 2.05) is 0 Å². The van der Waals surface area contributed by atoms with Crippen molar-refractivity contribution in [3.8, 4) is 11.5 Å². The van der Waals surface area contributed by atoms with E-state index in [-0.39, 0.29) is 22.7 Å². The molecule has 32 heavy (non-hydrogen) atoms. The van der Waals surface area contributed by atoms with Crippen LogP contribution < -0.4 is 19.5 Å². The number of hydrogen-bond donors (Lipinski definition) is 2. The fourth-order valence-electron chi connectivity index (χ4n) is 2.51. The Balaban J connectivity index is 2.24. The van der Waals surface area contributed by atoms with Crippen LogP contribution in [0.15, 0.2) is 42.5 Å². The van der Waals surface area contributed by atoms with E-state index in [9.17, 15) is 26.8 Å². The molecule has 1 amide bonds. The topological polar surface area (TPSA) is 120 Å². The number of benzene rings is 2. The first-order chi connectivity index (χ1) is 15.0. The number of methoxy groups -OCH3 is 2. The Morgan fingerprint density at radius 2 is 1.72 bits per heavy atom. The summed E-state index contributed by atoms with van der Waals surface area (Å²) in [5.74, 6) is -2.05. The Bertz CT molecular complexity index is 1120. The zero-order valence-electron chi connectivity index (χ0n) is 17.2. The van der Waals surface area contributed by atoms with E-state index in [0.29, 0.717) is 11.3 Å². The third-order valence-electron chi connectivity index (χ3n) is 3.82. The minimum atomic E-state index is -3.42. The molecule has 0 heterocycles. The number of nitrogens with one attached hydrogen (secondary N) is 2. The number of amides is 1. The molecule has 0 radical (unpaired) electrons. The van der Waals surface area contributed by atoms with Crippen LogP contribution in [-0.2, 0) is 19.6 Å². The molecule has 0 unspecified atom stereocenters. The van der Waals surface area contributed by atoms with Crippen molar-refractivity contribution < 1.29 is 41.0 Å². The zero-order valence-corrected chi connectivity index (χ0v) is 18.0. The van der Waals surface area contributed by atoms with Crippen LogP contribution in [0.2, 0.25) is 0 Å². The summed E-state index contributed by atoms with van der Waals surface area (Å²) in [4.78, 5) is 24.4. The fraction of sp³-hybridized carbons (Fsp3) is 0.200. The van der Waals surface area contributed by atoms with E-state index in [1.165, 1.54) is 25.3 Å². The second kappa shape index (κ2) is 10.6. The lowest BCUT2D eigenvalue weighted by atomic mass is 10.1. The Morgan fingerprint density at radius 3 is 2.25 bits per heavy atom. The normalized spacial score (nSPS) is 11.3. The van der Waals surface area contributed by atoms with Crippen molar-refractivity contribution in [3.05, 3.63) is 53.6 Å². The highest BCUT2D eigenvalue weighted by Crippen LogP contribution is 2.35. The van der Waals surface area contributed by atoms with E-state index < -0.39 is 28.5 Å². The Kier molecular flexibility index (Phi) is 8.13. The Morgan fingerprint density at radius 1 is 1.06 bits per heavy atom. The average molecular weight is 470 g/mol. The molecular weight excluding hydrogens is 450 g/mol. The van der Waals surface area contributed by atoms with Gasteiger partial charge in [0.15, 0.2) is 11.5 Å². The van der Waals surface area contributed by atoms with Crippen LogP contribution in [0.1, 0.15) is 15.9 Å². The summed E-state index contributed by atoms with van der Waals surface area (Å²) >= 11 is 0. The molecule has 0 aliphatic heterocycles. The average Bonchev–Trinajstić information content (AvgIpc) is 2.71. The van der Waals surface area contributed by atoms with E-state index in [1.54, 1.807) is 12.1 Å². The van der Waals surface area contributed by atoms with Gasteiger partial charge in [-0.1, -0.05) is 12.1 Å². The van der Waals surface area contributed by atoms with Crippen molar-refractivity contribution in [2.24, 2.45) is 0 Å². The smallest absolute Gasteiger partial charge is 0.387 e. The maximum Gasteiger partial charge on any atom is 0.387 e. The number of hydrogen-bond acceptors (Lipinski definition) is 7. The van der Waals surface area contributed by atoms with Gasteiger partial charge in [0.2, 0.25) is 15.9 Å². The standard InChI is InChI=1S/C20H20F2N2O7S/c1-29-16-10-14(19(26)30-2)15(11-17(16)31-20(21)22)23-18(25)9-6-12-4-7-13(8-5-12)24-32(3,27)28/h4-11,20,24H,1-3H3,(H,23,25)/b9-6+. The maximum absolute atomic E-state index is 12.7. The largest absolute Gasteiger partial charge is 0.493 e. The van der Waals surface area contributed by atoms with Crippen LogP contribution in [0.3, 0.4) is 0 Å². The number of anilines is 2. The van der Waals surface area contributed by atoms with E-state index in [0.717, 1.165) is 31.6 Å². The Hall–Kier alpha value is -3.67. The summed E-state index contributed by atoms with van der Waals surface area (Å²) in [5, 5.41) is 2.40. The van der Waals surface area contributed by atoms with E-state index in [2.05, 4.69) is 19.5 Å². The first-order valence-corrected chi connectivity index (χ1v) is 10.7. The van der Waals surface area contributed by atoms with Crippen molar-refractivity contribution in [3.63, 3.8) is 0 Å². The van der Waals surface area contributed by atoms with Crippen LogP contribution in [0.4, 0.5) is 20.2 Å². The number of carbonyl (C=O) groups is 2. The number of alkyl halides is 2. The number of carbonyl (C=O) groups excluding carboxylic acids is 2. The van der Waals surface area contributed by atoms with Crippen molar-refractivity contribution in [2.45, 2.75) is 6.61 Å². The summed E-state index contributed by atoms with van der Waals surface area (Å²) in [5.41, 5.74) is 0.657. The second-order valence-electron chi connectivity index (χ2n) is 6.24. The van der Waals surface area contributed by atoms with Crippen LogP contribution in [-0.4, -0.2) is 47.4 Å². The molecule has 12 heteroatoms. The summed E-state index contributed by atoms with van der Waals surface area (Å²) < 4.78 is 64.1. The summed E-state index contributed by atoms with van der Waals surface area (Å²) in [6, 6.07) is 8.28. The Labute approximate surface area is 183 Å². The van der Waals surface area contributed by atoms with Crippen LogP contribution in [0.25, 0.3) is 6.08 Å². The first-order valence-electron chi connectivity index (χ1n) is 8.84. The highest BCUT2D eigenvalue weighted by Gasteiger charge is 2.20. The molecule has 2 aromatic rings. The molecule has 2 aromatic carbocycles. The third-order valence-corrected chi connectivity index (χ3v) is 4.43. The molecule has 0 fully saturated rings. The van der Waals surface area contributed by atoms with Gasteiger partial charge in [-0.25, -0.2) is 13.2 Å². The lowest BCUT2D eigenvalue weighted by Crippen LogP contribution is -2.14. The van der Waals surface area contributed by atoms with Crippen LogP contribution in [0.5, 0.6) is 11.5 Å². The molecule has 9 nitrogen and oxygen atoms in total. The minimum absolute atomic E-state index is 0.129. The van der Waals surface area contributed by atoms with Gasteiger partial charge in [-0.3, -0.25) is 9.52 Å². The lowest BCUT2D eigenvalue weighted by molar-refractivity contribution is -0.111. The molecule has 0 spiro atoms. The lowest BCUT2D eigenvalue weighted by Gasteiger charge is -2.15. The molecule has 0 saturated heterocycles. The van der Waals surface area contributed by atoms with Crippen molar-refractivity contribution in [1.82, 2.24) is 0 Å². The molecule has 0 bridgehead atoms. The molecule has 0 aliphatic carbocycles. The number of sulfonamides is 1. The monoisotopic (exact) mass is 470 g/mol. The van der Waals surface area contributed by atoms with Gasteiger partial charge in [-0.2, -0.15) is 8.78 Å². The third kappa shape index (κ3) is 7.23. The van der Waals surface area contributed by atoms with Gasteiger partial charge in [0.05, 0.1) is 31.7 Å². The molecular formula is C20H20F2N2O7S. The van der Waals surface area contributed by atoms with Crippen molar-refractivity contribution in [2.75, 3.05) is 30.5 Å². The molecule has 0 saturated carbocycles. The molecule has 172 valence electrons. The highest BCUT2D eigenvalue weighted by molar-refractivity contribution is 7.92. The minimum Gasteiger partial charge on any atom is -0.493 e. The molecule has 0 atom stereocenters. The van der Waals surface area contributed by atoms with Crippen molar-refractivity contribution in [1.29, 1.82) is 0 Å². The SMILES string of the molecule is COC(=O)c1cc(OC)c(OC(F)F)cc1NC(=O)/C=C/c1ccc(NS(C)(=O)=O)cc1. The van der Waals surface area contributed by atoms with Crippen LogP contribution >= 0.6 is 0 Å². The fourth-order valence-corrected chi connectivity index (χ4v) is 3.08. The highest BCUT2D eigenvalue weighted by atomic mass is 32.2. The zero-order chi connectivity index (χ0) is 23.9. The predicted octanol–water partition coefficient (Wildman–Crippen LogP) is 3.11. The van der Waals surface area contributed by atoms with Crippen molar-refractivity contribution >= 4 is 39.4 Å². The predicted molar refractivity (Wildman–Crippen MR) is 114 cm³/mol. The van der Waals surface area contributed by atoms with Gasteiger partial charge in [-0.15, -0.1) is 0 Å². The molecule has 2 N–H and O–H groups in total. The number of esters is 1. The summed E-state index contributed by atoms with van der Waals surface area (Å²) in [6.45, 7) is -3.16. The van der Waals surface area contributed by atoms with Gasteiger partial charge < -0.3 is 19.5 Å². The molecule has 2 rings (SSSR count). The number of ether oxygens (including phenoxy) is 3. The van der Waals surface area contributed by atoms with Gasteiger partial charge in [0.1, 0.15) is 0 Å². The van der Waals surface area contributed by atoms with Gasteiger partial charge >= 0.3 is 12.6 Å². The quantitative estimate of drug-likeness (QED) is 0.427. The van der Waals surface area contributed by atoms with Gasteiger partial charge in [0.25, 0.3) is 0 Å². The first kappa shape index (κ1) is 24.6.